The number of nitrogens with one attached hydrogen (secondary N) is 1. The van der Waals surface area contributed by atoms with Gasteiger partial charge in [0.2, 0.25) is 0 Å². The Bertz CT molecular complexity index is 339. The molecule has 0 bridgehead atoms. The van der Waals surface area contributed by atoms with Gasteiger partial charge < -0.3 is 10.4 Å². The van der Waals surface area contributed by atoms with E-state index in [1.54, 1.807) is 0 Å². The first kappa shape index (κ1) is 14.5. The summed E-state index contributed by atoms with van der Waals surface area (Å²) in [6.45, 7) is 6.36. The molecule has 1 heterocycles. The van der Waals surface area contributed by atoms with E-state index in [1.807, 2.05) is 23.5 Å². The second-order valence-electron chi connectivity index (χ2n) is 4.14. The number of aliphatic hydroxyl groups is 1. The monoisotopic (exact) mass is 257 g/mol. The average molecular weight is 257 g/mol. The molecule has 0 radical (unpaired) electrons. The highest BCUT2D eigenvalue weighted by atomic mass is 32.2. The zero-order valence-electron chi connectivity index (χ0n) is 11.0. The van der Waals surface area contributed by atoms with E-state index in [4.69, 9.17) is 5.11 Å². The van der Waals surface area contributed by atoms with E-state index in [0.717, 1.165) is 36.7 Å². The molecule has 0 amide bonds. The van der Waals surface area contributed by atoms with Crippen molar-refractivity contribution < 1.29 is 5.11 Å². The van der Waals surface area contributed by atoms with Crippen LogP contribution in [-0.2, 0) is 13.6 Å². The maximum Gasteiger partial charge on any atom is 0.0641 e. The summed E-state index contributed by atoms with van der Waals surface area (Å²) >= 11 is 1.88. The fraction of sp³-hybridized carbons (Fsp3) is 0.750. The molecule has 0 saturated carbocycles. The van der Waals surface area contributed by atoms with Crippen molar-refractivity contribution in [3.8, 4) is 0 Å². The summed E-state index contributed by atoms with van der Waals surface area (Å²) < 4.78 is 1.93. The van der Waals surface area contributed by atoms with Gasteiger partial charge in [-0.25, -0.2) is 0 Å². The topological polar surface area (TPSA) is 50.1 Å². The largest absolute Gasteiger partial charge is 0.396 e. The highest BCUT2D eigenvalue weighted by Crippen LogP contribution is 2.11. The van der Waals surface area contributed by atoms with Gasteiger partial charge in [0.1, 0.15) is 0 Å². The van der Waals surface area contributed by atoms with Crippen molar-refractivity contribution in [1.29, 1.82) is 0 Å². The lowest BCUT2D eigenvalue weighted by Crippen LogP contribution is -2.17. The van der Waals surface area contributed by atoms with Gasteiger partial charge in [-0.15, -0.1) is 0 Å². The summed E-state index contributed by atoms with van der Waals surface area (Å²) in [5.74, 6) is 2.14. The summed E-state index contributed by atoms with van der Waals surface area (Å²) in [6.07, 6.45) is 0.894. The highest BCUT2D eigenvalue weighted by molar-refractivity contribution is 7.99. The smallest absolute Gasteiger partial charge is 0.0641 e. The summed E-state index contributed by atoms with van der Waals surface area (Å²) in [4.78, 5) is 0. The number of nitrogens with zero attached hydrogens (tertiary/aromatic N) is 2. The van der Waals surface area contributed by atoms with Crippen LogP contribution in [0.4, 0.5) is 0 Å². The SMILES string of the molecule is Cc1nn(C)c(C)c1CNCCSCCCO. The van der Waals surface area contributed by atoms with Crippen LogP contribution in [-0.4, -0.2) is 39.5 Å². The van der Waals surface area contributed by atoms with Gasteiger partial charge in [-0.05, 0) is 26.0 Å². The number of aryl methyl sites for hydroxylation is 2. The number of aliphatic hydroxyl groups excluding tert-OH is 1. The second-order valence-corrected chi connectivity index (χ2v) is 5.36. The van der Waals surface area contributed by atoms with E-state index in [9.17, 15) is 0 Å². The summed E-state index contributed by atoms with van der Waals surface area (Å²) in [6, 6.07) is 0. The van der Waals surface area contributed by atoms with Gasteiger partial charge in [-0.1, -0.05) is 0 Å². The quantitative estimate of drug-likeness (QED) is 0.688. The van der Waals surface area contributed by atoms with E-state index in [-0.39, 0.29) is 0 Å². The Hall–Kier alpha value is -0.520. The minimum atomic E-state index is 0.300. The molecule has 98 valence electrons. The van der Waals surface area contributed by atoms with E-state index in [0.29, 0.717) is 6.61 Å². The first-order valence-electron chi connectivity index (χ1n) is 6.05. The first-order chi connectivity index (χ1) is 8.16. The molecular formula is C12H23N3OS. The van der Waals surface area contributed by atoms with E-state index in [1.165, 1.54) is 11.3 Å². The van der Waals surface area contributed by atoms with Crippen molar-refractivity contribution >= 4 is 11.8 Å². The van der Waals surface area contributed by atoms with Crippen LogP contribution in [0.1, 0.15) is 23.4 Å². The molecule has 1 rings (SSSR count). The Balaban J connectivity index is 2.18. The summed E-state index contributed by atoms with van der Waals surface area (Å²) in [5.41, 5.74) is 3.67. The molecule has 1 aromatic rings. The van der Waals surface area contributed by atoms with Crippen LogP contribution in [0.25, 0.3) is 0 Å². The van der Waals surface area contributed by atoms with Crippen molar-refractivity contribution in [2.75, 3.05) is 24.7 Å². The molecule has 17 heavy (non-hydrogen) atoms. The van der Waals surface area contributed by atoms with Crippen molar-refractivity contribution in [3.05, 3.63) is 17.0 Å². The molecule has 2 N–H and O–H groups in total. The fourth-order valence-corrected chi connectivity index (χ4v) is 2.53. The van der Waals surface area contributed by atoms with Crippen molar-refractivity contribution in [2.24, 2.45) is 7.05 Å². The molecule has 0 unspecified atom stereocenters. The number of hydrogen-bond acceptors (Lipinski definition) is 4. The first-order valence-corrected chi connectivity index (χ1v) is 7.20. The Kier molecular flexibility index (Phi) is 6.62. The van der Waals surface area contributed by atoms with E-state index >= 15 is 0 Å². The average Bonchev–Trinajstić information content (AvgIpc) is 2.54. The molecule has 0 saturated heterocycles. The van der Waals surface area contributed by atoms with Gasteiger partial charge >= 0.3 is 0 Å². The minimum Gasteiger partial charge on any atom is -0.396 e. The molecule has 0 aliphatic heterocycles. The normalized spacial score (nSPS) is 11.1. The third-order valence-electron chi connectivity index (χ3n) is 2.83. The molecule has 0 spiro atoms. The van der Waals surface area contributed by atoms with Crippen LogP contribution < -0.4 is 5.32 Å². The molecule has 5 heteroatoms. The summed E-state index contributed by atoms with van der Waals surface area (Å²) in [5, 5.41) is 16.5. The van der Waals surface area contributed by atoms with Crippen molar-refractivity contribution in [2.45, 2.75) is 26.8 Å². The van der Waals surface area contributed by atoms with Gasteiger partial charge in [0.25, 0.3) is 0 Å². The molecule has 0 aliphatic rings. The van der Waals surface area contributed by atoms with Gasteiger partial charge in [-0.2, -0.15) is 16.9 Å². The third-order valence-corrected chi connectivity index (χ3v) is 3.90. The number of hydrogen-bond donors (Lipinski definition) is 2. The Morgan fingerprint density at radius 3 is 2.71 bits per heavy atom. The van der Waals surface area contributed by atoms with Gasteiger partial charge in [-0.3, -0.25) is 4.68 Å². The maximum absolute atomic E-state index is 8.64. The van der Waals surface area contributed by atoms with Crippen LogP contribution in [0.3, 0.4) is 0 Å². The predicted octanol–water partition coefficient (Wildman–Crippen LogP) is 1.24. The molecule has 0 atom stereocenters. The van der Waals surface area contributed by atoms with Gasteiger partial charge in [0.05, 0.1) is 5.69 Å². The molecule has 0 aliphatic carbocycles. The lowest BCUT2D eigenvalue weighted by molar-refractivity contribution is 0.296. The number of thioether (sulfide) groups is 1. The Labute approximate surface area is 108 Å². The molecule has 1 aromatic heterocycles. The van der Waals surface area contributed by atoms with Crippen LogP contribution in [0.2, 0.25) is 0 Å². The van der Waals surface area contributed by atoms with Crippen LogP contribution in [0.15, 0.2) is 0 Å². The second kappa shape index (κ2) is 7.74. The van der Waals surface area contributed by atoms with Crippen LogP contribution >= 0.6 is 11.8 Å². The lowest BCUT2D eigenvalue weighted by atomic mass is 10.2. The van der Waals surface area contributed by atoms with Gasteiger partial charge in [0.15, 0.2) is 0 Å². The van der Waals surface area contributed by atoms with Crippen molar-refractivity contribution in [3.63, 3.8) is 0 Å². The number of aromatic nitrogens is 2. The van der Waals surface area contributed by atoms with Crippen LogP contribution in [0, 0.1) is 13.8 Å². The third kappa shape index (κ3) is 4.69. The predicted molar refractivity (Wildman–Crippen MR) is 73.4 cm³/mol. The molecule has 4 nitrogen and oxygen atoms in total. The lowest BCUT2D eigenvalue weighted by Gasteiger charge is -2.05. The Morgan fingerprint density at radius 2 is 2.12 bits per heavy atom. The van der Waals surface area contributed by atoms with E-state index < -0.39 is 0 Å². The maximum atomic E-state index is 8.64. The molecule has 0 fully saturated rings. The van der Waals surface area contributed by atoms with Crippen molar-refractivity contribution in [1.82, 2.24) is 15.1 Å². The van der Waals surface area contributed by atoms with Crippen LogP contribution in [0.5, 0.6) is 0 Å². The number of rotatable bonds is 8. The molecule has 0 aromatic carbocycles. The standard InChI is InChI=1S/C12H23N3OS/c1-10-12(11(2)15(3)14-10)9-13-5-8-17-7-4-6-16/h13,16H,4-9H2,1-3H3. The van der Waals surface area contributed by atoms with E-state index in [2.05, 4.69) is 24.3 Å². The fourth-order valence-electron chi connectivity index (χ4n) is 1.70. The Morgan fingerprint density at radius 1 is 1.35 bits per heavy atom. The van der Waals surface area contributed by atoms with Gasteiger partial charge in [0, 0.05) is 43.8 Å². The zero-order valence-corrected chi connectivity index (χ0v) is 11.8. The molecular weight excluding hydrogens is 234 g/mol. The zero-order chi connectivity index (χ0) is 12.7. The minimum absolute atomic E-state index is 0.300. The summed E-state index contributed by atoms with van der Waals surface area (Å²) in [7, 11) is 1.98. The highest BCUT2D eigenvalue weighted by Gasteiger charge is 2.07.